The Kier molecular flexibility index (Phi) is 5.10. The van der Waals surface area contributed by atoms with Crippen LogP contribution in [-0.4, -0.2) is 15.0 Å². The third kappa shape index (κ3) is 9.61. The Hall–Kier alpha value is -0.390. The fourth-order valence-electron chi connectivity index (χ4n) is 0.517. The van der Waals surface area contributed by atoms with Gasteiger partial charge in [-0.1, -0.05) is 19.1 Å². The van der Waals surface area contributed by atoms with E-state index in [0.29, 0.717) is 6.42 Å². The monoisotopic (exact) mass is 179 g/mol. The summed E-state index contributed by atoms with van der Waals surface area (Å²) in [5, 5.41) is 4.58. The minimum Gasteiger partial charge on any atom is -0.258 e. The summed E-state index contributed by atoms with van der Waals surface area (Å²) in [6.45, 7) is 2.12. The third-order valence-corrected chi connectivity index (χ3v) is 1.43. The highest BCUT2D eigenvalue weighted by molar-refractivity contribution is 7.84. The molecule has 0 aromatic heterocycles. The molecule has 0 unspecified atom stereocenters. The van der Waals surface area contributed by atoms with E-state index in [1.165, 1.54) is 0 Å². The van der Waals surface area contributed by atoms with Gasteiger partial charge in [-0.05, 0) is 12.8 Å². The van der Waals surface area contributed by atoms with Crippen LogP contribution in [-0.2, 0) is 14.5 Å². The van der Waals surface area contributed by atoms with Crippen molar-refractivity contribution in [1.82, 2.24) is 0 Å². The van der Waals surface area contributed by atoms with E-state index >= 15 is 0 Å². The van der Waals surface area contributed by atoms with Crippen LogP contribution in [0.15, 0.2) is 12.2 Å². The van der Waals surface area contributed by atoms with Crippen molar-refractivity contribution >= 4 is 10.3 Å². The highest BCUT2D eigenvalue weighted by Crippen LogP contribution is 1.89. The first-order chi connectivity index (χ1) is 5.06. The average molecular weight is 179 g/mol. The molecule has 0 rings (SSSR count). The molecule has 0 spiro atoms. The first-order valence-corrected chi connectivity index (χ1v) is 4.85. The molecule has 4 nitrogen and oxygen atoms in total. The van der Waals surface area contributed by atoms with Crippen molar-refractivity contribution in [3.8, 4) is 0 Å². The number of hydrogen-bond acceptors (Lipinski definition) is 3. The minimum atomic E-state index is -3.75. The minimum absolute atomic E-state index is 0.120. The van der Waals surface area contributed by atoms with Crippen LogP contribution in [0.5, 0.6) is 0 Å². The summed E-state index contributed by atoms with van der Waals surface area (Å²) < 4.78 is 24.7. The van der Waals surface area contributed by atoms with Crippen molar-refractivity contribution in [3.63, 3.8) is 0 Å². The van der Waals surface area contributed by atoms with Gasteiger partial charge in [0.25, 0.3) is 0 Å². The summed E-state index contributed by atoms with van der Waals surface area (Å²) >= 11 is 0. The van der Waals surface area contributed by atoms with Gasteiger partial charge in [-0.3, -0.25) is 4.18 Å². The molecule has 0 amide bonds. The Bertz CT molecular complexity index is 208. The second-order valence-corrected chi connectivity index (χ2v) is 3.20. The molecule has 0 atom stereocenters. The van der Waals surface area contributed by atoms with Crippen LogP contribution in [0, 0.1) is 0 Å². The number of rotatable bonds is 5. The Morgan fingerprint density at radius 1 is 1.45 bits per heavy atom. The van der Waals surface area contributed by atoms with E-state index in [0.717, 1.165) is 6.42 Å². The molecule has 0 aromatic carbocycles. The predicted octanol–water partition coefficient (Wildman–Crippen LogP) is 0.563. The van der Waals surface area contributed by atoms with Crippen molar-refractivity contribution < 1.29 is 12.6 Å². The van der Waals surface area contributed by atoms with Crippen LogP contribution in [0.1, 0.15) is 19.8 Å². The van der Waals surface area contributed by atoms with E-state index in [-0.39, 0.29) is 6.61 Å². The van der Waals surface area contributed by atoms with Crippen molar-refractivity contribution in [1.29, 1.82) is 0 Å². The van der Waals surface area contributed by atoms with Crippen LogP contribution in [0.4, 0.5) is 0 Å². The van der Waals surface area contributed by atoms with Gasteiger partial charge >= 0.3 is 10.3 Å². The van der Waals surface area contributed by atoms with E-state index in [1.807, 2.05) is 19.1 Å². The molecule has 0 fully saturated rings. The smallest absolute Gasteiger partial charge is 0.258 e. The van der Waals surface area contributed by atoms with Gasteiger partial charge in [-0.25, -0.2) is 5.14 Å². The molecule has 0 aliphatic heterocycles. The topological polar surface area (TPSA) is 69.4 Å². The Balaban J connectivity index is 3.36. The van der Waals surface area contributed by atoms with Crippen molar-refractivity contribution in [2.75, 3.05) is 6.61 Å². The maximum absolute atomic E-state index is 10.2. The van der Waals surface area contributed by atoms with Gasteiger partial charge in [0.05, 0.1) is 6.61 Å². The van der Waals surface area contributed by atoms with Crippen LogP contribution in [0.3, 0.4) is 0 Å². The van der Waals surface area contributed by atoms with E-state index in [4.69, 9.17) is 0 Å². The molecule has 0 radical (unpaired) electrons. The molecule has 0 saturated heterocycles. The molecule has 11 heavy (non-hydrogen) atoms. The number of nitrogens with two attached hydrogens (primary N) is 1. The van der Waals surface area contributed by atoms with Crippen molar-refractivity contribution in [2.24, 2.45) is 5.14 Å². The SMILES string of the molecule is CC/C=C\CCOS(N)(=O)=O. The summed E-state index contributed by atoms with van der Waals surface area (Å²) in [6.07, 6.45) is 5.30. The summed E-state index contributed by atoms with van der Waals surface area (Å²) in [4.78, 5) is 0. The highest BCUT2D eigenvalue weighted by Gasteiger charge is 1.98. The molecule has 0 bridgehead atoms. The van der Waals surface area contributed by atoms with E-state index in [1.54, 1.807) is 0 Å². The molecular formula is C6H13NO3S. The Morgan fingerprint density at radius 2 is 2.09 bits per heavy atom. The normalized spacial score (nSPS) is 12.5. The second kappa shape index (κ2) is 5.29. The lowest BCUT2D eigenvalue weighted by Crippen LogP contribution is -2.16. The fourth-order valence-corrected chi connectivity index (χ4v) is 0.845. The van der Waals surface area contributed by atoms with E-state index in [2.05, 4.69) is 9.32 Å². The van der Waals surface area contributed by atoms with E-state index in [9.17, 15) is 8.42 Å². The molecule has 0 aliphatic carbocycles. The second-order valence-electron chi connectivity index (χ2n) is 1.98. The van der Waals surface area contributed by atoms with Crippen molar-refractivity contribution in [3.05, 3.63) is 12.2 Å². The average Bonchev–Trinajstić information content (AvgIpc) is 1.85. The lowest BCUT2D eigenvalue weighted by atomic mass is 10.3. The predicted molar refractivity (Wildman–Crippen MR) is 43.1 cm³/mol. The number of hydrogen-bond donors (Lipinski definition) is 1. The first kappa shape index (κ1) is 10.6. The number of allylic oxidation sites excluding steroid dienone is 1. The van der Waals surface area contributed by atoms with Crippen molar-refractivity contribution in [2.45, 2.75) is 19.8 Å². The quantitative estimate of drug-likeness (QED) is 0.495. The van der Waals surface area contributed by atoms with E-state index < -0.39 is 10.3 Å². The molecular weight excluding hydrogens is 166 g/mol. The van der Waals surface area contributed by atoms with Gasteiger partial charge < -0.3 is 0 Å². The third-order valence-electron chi connectivity index (χ3n) is 0.934. The fraction of sp³-hybridized carbons (Fsp3) is 0.667. The molecule has 2 N–H and O–H groups in total. The standard InChI is InChI=1S/C6H13NO3S/c1-2-3-4-5-6-10-11(7,8)9/h3-4H,2,5-6H2,1H3,(H2,7,8,9)/b4-3-. The lowest BCUT2D eigenvalue weighted by Gasteiger charge is -1.95. The molecule has 0 aliphatic rings. The van der Waals surface area contributed by atoms with Gasteiger partial charge in [0, 0.05) is 0 Å². The molecule has 5 heteroatoms. The molecule has 0 saturated carbocycles. The molecule has 0 heterocycles. The lowest BCUT2D eigenvalue weighted by molar-refractivity contribution is 0.325. The largest absolute Gasteiger partial charge is 0.333 e. The van der Waals surface area contributed by atoms with Crippen LogP contribution >= 0.6 is 0 Å². The zero-order valence-corrected chi connectivity index (χ0v) is 7.30. The van der Waals surface area contributed by atoms with Gasteiger partial charge in [0.2, 0.25) is 0 Å². The first-order valence-electron chi connectivity index (χ1n) is 3.38. The zero-order chi connectivity index (χ0) is 8.74. The van der Waals surface area contributed by atoms with Gasteiger partial charge in [-0.15, -0.1) is 0 Å². The highest BCUT2D eigenvalue weighted by atomic mass is 32.2. The van der Waals surface area contributed by atoms with Gasteiger partial charge in [-0.2, -0.15) is 8.42 Å². The van der Waals surface area contributed by atoms with Gasteiger partial charge in [0.1, 0.15) is 0 Å². The molecule has 0 aromatic rings. The maximum atomic E-state index is 10.2. The Morgan fingerprint density at radius 3 is 2.55 bits per heavy atom. The summed E-state index contributed by atoms with van der Waals surface area (Å²) in [5.74, 6) is 0. The van der Waals surface area contributed by atoms with Crippen LogP contribution in [0.2, 0.25) is 0 Å². The van der Waals surface area contributed by atoms with Crippen LogP contribution < -0.4 is 5.14 Å². The maximum Gasteiger partial charge on any atom is 0.333 e. The Labute approximate surface area is 67.3 Å². The summed E-state index contributed by atoms with van der Waals surface area (Å²) in [7, 11) is -3.75. The summed E-state index contributed by atoms with van der Waals surface area (Å²) in [6, 6.07) is 0. The summed E-state index contributed by atoms with van der Waals surface area (Å²) in [5.41, 5.74) is 0. The molecule has 66 valence electrons. The van der Waals surface area contributed by atoms with Gasteiger partial charge in [0.15, 0.2) is 0 Å². The van der Waals surface area contributed by atoms with Crippen LogP contribution in [0.25, 0.3) is 0 Å². The zero-order valence-electron chi connectivity index (χ0n) is 6.49.